The van der Waals surface area contributed by atoms with Gasteiger partial charge in [-0.05, 0) is 43.9 Å². The number of amides is 1. The molecule has 0 bridgehead atoms. The van der Waals surface area contributed by atoms with Crippen LogP contribution < -0.4 is 5.32 Å². The van der Waals surface area contributed by atoms with Crippen molar-refractivity contribution in [2.75, 3.05) is 0 Å². The average molecular weight is 386 g/mol. The minimum atomic E-state index is 0.180. The summed E-state index contributed by atoms with van der Waals surface area (Å²) in [5.41, 5.74) is 1.16. The third-order valence-corrected chi connectivity index (χ3v) is 6.02. The lowest BCUT2D eigenvalue weighted by Crippen LogP contribution is -2.22. The molecule has 0 fully saturated rings. The average Bonchev–Trinajstić information content (AvgIpc) is 3.10. The Balaban J connectivity index is 1.33. The second kappa shape index (κ2) is 13.5. The van der Waals surface area contributed by atoms with E-state index >= 15 is 0 Å². The molecule has 1 aromatic carbocycles. The number of carbonyl (C=O) groups excluding carboxylic acids is 1. The Morgan fingerprint density at radius 3 is 2.07 bits per heavy atom. The molecule has 0 saturated carbocycles. The van der Waals surface area contributed by atoms with Crippen LogP contribution in [0.1, 0.15) is 79.5 Å². The van der Waals surface area contributed by atoms with Crippen LogP contribution in [0.15, 0.2) is 42.5 Å². The molecule has 1 heterocycles. The van der Waals surface area contributed by atoms with Crippen molar-refractivity contribution in [1.29, 1.82) is 0 Å². The van der Waals surface area contributed by atoms with E-state index in [-0.39, 0.29) is 5.91 Å². The highest BCUT2D eigenvalue weighted by Gasteiger charge is 2.01. The molecule has 2 nitrogen and oxygen atoms in total. The van der Waals surface area contributed by atoms with E-state index in [1.165, 1.54) is 62.7 Å². The lowest BCUT2D eigenvalue weighted by atomic mass is 10.1. The van der Waals surface area contributed by atoms with Crippen molar-refractivity contribution in [2.24, 2.45) is 0 Å². The minimum Gasteiger partial charge on any atom is -0.352 e. The fraction of sp³-hybridized carbons (Fsp3) is 0.542. The van der Waals surface area contributed by atoms with E-state index in [0.29, 0.717) is 13.0 Å². The van der Waals surface area contributed by atoms with Gasteiger partial charge in [0.1, 0.15) is 0 Å². The maximum absolute atomic E-state index is 11.8. The topological polar surface area (TPSA) is 29.1 Å². The minimum absolute atomic E-state index is 0.180. The first kappa shape index (κ1) is 21.7. The fourth-order valence-corrected chi connectivity index (χ4v) is 4.26. The van der Waals surface area contributed by atoms with E-state index in [4.69, 9.17) is 0 Å². The molecule has 2 aromatic rings. The Bertz CT molecular complexity index is 635. The molecule has 0 aliphatic rings. The first-order chi connectivity index (χ1) is 13.2. The van der Waals surface area contributed by atoms with E-state index in [1.807, 2.05) is 41.7 Å². The smallest absolute Gasteiger partial charge is 0.220 e. The maximum atomic E-state index is 11.8. The molecule has 0 saturated heterocycles. The lowest BCUT2D eigenvalue weighted by molar-refractivity contribution is -0.121. The SMILES string of the molecule is Cc1ccc(CCCCCCCCCCCC(=O)NCc2ccccc2)s1. The summed E-state index contributed by atoms with van der Waals surface area (Å²) in [6.07, 6.45) is 13.5. The number of aryl methyl sites for hydroxylation is 2. The summed E-state index contributed by atoms with van der Waals surface area (Å²) in [5.74, 6) is 0.180. The van der Waals surface area contributed by atoms with Crippen LogP contribution in [-0.4, -0.2) is 5.91 Å². The second-order valence-electron chi connectivity index (χ2n) is 7.46. The first-order valence-electron chi connectivity index (χ1n) is 10.6. The van der Waals surface area contributed by atoms with Crippen molar-refractivity contribution in [3.8, 4) is 0 Å². The first-order valence-corrected chi connectivity index (χ1v) is 11.4. The van der Waals surface area contributed by atoms with Crippen LogP contribution in [0.4, 0.5) is 0 Å². The van der Waals surface area contributed by atoms with Crippen molar-refractivity contribution in [1.82, 2.24) is 5.32 Å². The molecular formula is C24H35NOS. The van der Waals surface area contributed by atoms with Gasteiger partial charge in [0, 0.05) is 22.7 Å². The Morgan fingerprint density at radius 2 is 1.44 bits per heavy atom. The van der Waals surface area contributed by atoms with Crippen molar-refractivity contribution < 1.29 is 4.79 Å². The molecule has 27 heavy (non-hydrogen) atoms. The van der Waals surface area contributed by atoms with E-state index < -0.39 is 0 Å². The predicted octanol–water partition coefficient (Wildman–Crippen LogP) is 6.82. The highest BCUT2D eigenvalue weighted by Crippen LogP contribution is 2.18. The van der Waals surface area contributed by atoms with E-state index in [9.17, 15) is 4.79 Å². The summed E-state index contributed by atoms with van der Waals surface area (Å²) < 4.78 is 0. The van der Waals surface area contributed by atoms with Crippen LogP contribution in [0.5, 0.6) is 0 Å². The molecule has 3 heteroatoms. The number of hydrogen-bond acceptors (Lipinski definition) is 2. The highest BCUT2D eigenvalue weighted by atomic mass is 32.1. The number of rotatable bonds is 14. The Hall–Kier alpha value is -1.61. The number of carbonyl (C=O) groups is 1. The van der Waals surface area contributed by atoms with Crippen LogP contribution in [0.2, 0.25) is 0 Å². The molecular weight excluding hydrogens is 350 g/mol. The molecule has 1 aromatic heterocycles. The number of hydrogen-bond donors (Lipinski definition) is 1. The van der Waals surface area contributed by atoms with Gasteiger partial charge < -0.3 is 5.32 Å². The summed E-state index contributed by atoms with van der Waals surface area (Å²) in [5, 5.41) is 3.00. The third kappa shape index (κ3) is 10.3. The zero-order chi connectivity index (χ0) is 19.2. The normalized spacial score (nSPS) is 10.9. The number of thiophene rings is 1. The maximum Gasteiger partial charge on any atom is 0.220 e. The molecule has 0 spiro atoms. The second-order valence-corrected chi connectivity index (χ2v) is 8.83. The van der Waals surface area contributed by atoms with Crippen LogP contribution in [0.25, 0.3) is 0 Å². The zero-order valence-corrected chi connectivity index (χ0v) is 17.7. The van der Waals surface area contributed by atoms with Gasteiger partial charge in [-0.15, -0.1) is 11.3 Å². The van der Waals surface area contributed by atoms with Gasteiger partial charge in [0.25, 0.3) is 0 Å². The molecule has 148 valence electrons. The van der Waals surface area contributed by atoms with Gasteiger partial charge in [-0.1, -0.05) is 75.3 Å². The van der Waals surface area contributed by atoms with Gasteiger partial charge in [-0.2, -0.15) is 0 Å². The van der Waals surface area contributed by atoms with Crippen molar-refractivity contribution >= 4 is 17.2 Å². The Labute approximate surface area is 169 Å². The standard InChI is InChI=1S/C24H35NOS/c1-21-18-19-23(27-21)16-12-7-5-3-2-4-6-8-13-17-24(26)25-20-22-14-10-9-11-15-22/h9-11,14-15,18-19H,2-8,12-13,16-17,20H2,1H3,(H,25,26). The Morgan fingerprint density at radius 1 is 0.815 bits per heavy atom. The predicted molar refractivity (Wildman–Crippen MR) is 117 cm³/mol. The van der Waals surface area contributed by atoms with Crippen LogP contribution >= 0.6 is 11.3 Å². The van der Waals surface area contributed by atoms with Gasteiger partial charge >= 0.3 is 0 Å². The molecule has 0 aliphatic carbocycles. The summed E-state index contributed by atoms with van der Waals surface area (Å²) in [6, 6.07) is 14.6. The summed E-state index contributed by atoms with van der Waals surface area (Å²) >= 11 is 1.94. The fourth-order valence-electron chi connectivity index (χ4n) is 3.33. The largest absolute Gasteiger partial charge is 0.352 e. The van der Waals surface area contributed by atoms with Crippen LogP contribution in [0.3, 0.4) is 0 Å². The van der Waals surface area contributed by atoms with Crippen LogP contribution in [0, 0.1) is 6.92 Å². The quantitative estimate of drug-likeness (QED) is 0.355. The molecule has 0 atom stereocenters. The van der Waals surface area contributed by atoms with Crippen LogP contribution in [-0.2, 0) is 17.8 Å². The van der Waals surface area contributed by atoms with E-state index in [1.54, 1.807) is 4.88 Å². The third-order valence-electron chi connectivity index (χ3n) is 4.96. The van der Waals surface area contributed by atoms with Gasteiger partial charge in [-0.3, -0.25) is 4.79 Å². The Kier molecular flexibility index (Phi) is 10.9. The zero-order valence-electron chi connectivity index (χ0n) is 16.8. The van der Waals surface area contributed by atoms with Crippen molar-refractivity contribution in [2.45, 2.75) is 84.1 Å². The highest BCUT2D eigenvalue weighted by molar-refractivity contribution is 7.11. The van der Waals surface area contributed by atoms with Gasteiger partial charge in [0.05, 0.1) is 0 Å². The number of unbranched alkanes of at least 4 members (excludes halogenated alkanes) is 8. The van der Waals surface area contributed by atoms with Crippen molar-refractivity contribution in [3.63, 3.8) is 0 Å². The monoisotopic (exact) mass is 385 g/mol. The molecule has 0 unspecified atom stereocenters. The van der Waals surface area contributed by atoms with E-state index in [0.717, 1.165) is 12.0 Å². The molecule has 1 amide bonds. The summed E-state index contributed by atoms with van der Waals surface area (Å²) in [6.45, 7) is 2.83. The van der Waals surface area contributed by atoms with Gasteiger partial charge in [0.2, 0.25) is 5.91 Å². The summed E-state index contributed by atoms with van der Waals surface area (Å²) in [7, 11) is 0. The van der Waals surface area contributed by atoms with E-state index in [2.05, 4.69) is 24.4 Å². The molecule has 0 aliphatic heterocycles. The number of nitrogens with one attached hydrogen (secondary N) is 1. The summed E-state index contributed by atoms with van der Waals surface area (Å²) in [4.78, 5) is 14.8. The molecule has 1 N–H and O–H groups in total. The number of benzene rings is 1. The lowest BCUT2D eigenvalue weighted by Gasteiger charge is -2.05. The molecule has 2 rings (SSSR count). The van der Waals surface area contributed by atoms with Gasteiger partial charge in [0.15, 0.2) is 0 Å². The van der Waals surface area contributed by atoms with Gasteiger partial charge in [-0.25, -0.2) is 0 Å². The van der Waals surface area contributed by atoms with Crippen molar-refractivity contribution in [3.05, 3.63) is 57.8 Å². The molecule has 0 radical (unpaired) electrons.